The first kappa shape index (κ1) is 15.0. The van der Waals surface area contributed by atoms with E-state index in [0.717, 1.165) is 31.8 Å². The van der Waals surface area contributed by atoms with Crippen LogP contribution in [0, 0.1) is 0 Å². The van der Waals surface area contributed by atoms with E-state index in [1.54, 1.807) is 6.20 Å². The first-order valence-electron chi connectivity index (χ1n) is 5.91. The summed E-state index contributed by atoms with van der Waals surface area (Å²) in [5, 5.41) is 4.18. The molecule has 0 bridgehead atoms. The van der Waals surface area contributed by atoms with Crippen molar-refractivity contribution in [2.75, 3.05) is 6.54 Å². The number of nitrogens with zero attached hydrogens (tertiary/aromatic N) is 1. The fourth-order valence-electron chi connectivity index (χ4n) is 1.87. The number of nitrogens with one attached hydrogen (secondary N) is 1. The van der Waals surface area contributed by atoms with Gasteiger partial charge in [0.15, 0.2) is 0 Å². The van der Waals surface area contributed by atoms with Gasteiger partial charge in [0.2, 0.25) is 0 Å². The fraction of sp³-hybridized carbons (Fsp3) is 0.214. The van der Waals surface area contributed by atoms with Gasteiger partial charge in [-0.25, -0.2) is 0 Å². The van der Waals surface area contributed by atoms with E-state index in [2.05, 4.69) is 49.1 Å². The van der Waals surface area contributed by atoms with E-state index in [1.165, 1.54) is 0 Å². The zero-order chi connectivity index (χ0) is 13.8. The van der Waals surface area contributed by atoms with Crippen LogP contribution in [0.3, 0.4) is 0 Å². The van der Waals surface area contributed by atoms with E-state index in [9.17, 15) is 0 Å². The van der Waals surface area contributed by atoms with E-state index in [-0.39, 0.29) is 6.04 Å². The van der Waals surface area contributed by atoms with Crippen molar-refractivity contribution in [3.8, 4) is 0 Å². The summed E-state index contributed by atoms with van der Waals surface area (Å²) in [6, 6.07) is 9.88. The minimum atomic E-state index is 0.0461. The molecule has 1 aromatic carbocycles. The number of hydrogen-bond donors (Lipinski definition) is 1. The predicted octanol–water partition coefficient (Wildman–Crippen LogP) is 4.96. The second-order valence-corrected chi connectivity index (χ2v) is 6.27. The van der Waals surface area contributed by atoms with E-state index >= 15 is 0 Å². The quantitative estimate of drug-likeness (QED) is 0.779. The summed E-state index contributed by atoms with van der Waals surface area (Å²) in [5.41, 5.74) is 2.11. The second kappa shape index (κ2) is 6.84. The van der Waals surface area contributed by atoms with Gasteiger partial charge in [0.1, 0.15) is 0 Å². The lowest BCUT2D eigenvalue weighted by molar-refractivity contribution is 0.613. The molecular formula is C14H13Br2ClN2. The Bertz CT molecular complexity index is 558. The number of benzene rings is 1. The topological polar surface area (TPSA) is 24.9 Å². The van der Waals surface area contributed by atoms with Crippen molar-refractivity contribution >= 4 is 43.5 Å². The lowest BCUT2D eigenvalue weighted by atomic mass is 10.0. The van der Waals surface area contributed by atoms with Crippen LogP contribution in [0.25, 0.3) is 0 Å². The predicted molar refractivity (Wildman–Crippen MR) is 86.6 cm³/mol. The van der Waals surface area contributed by atoms with Crippen LogP contribution in [0.5, 0.6) is 0 Å². The van der Waals surface area contributed by atoms with Gasteiger partial charge in [0.05, 0.1) is 11.7 Å². The molecule has 2 rings (SSSR count). The smallest absolute Gasteiger partial charge is 0.0762 e. The standard InChI is InChI=1S/C14H13Br2ClN2/c1-2-18-13(9-3-5-11(17)6-4-9)14-12(16)7-10(15)8-19-14/h3-8,13,18H,2H2,1H3. The van der Waals surface area contributed by atoms with Crippen molar-refractivity contribution in [1.29, 1.82) is 0 Å². The first-order valence-corrected chi connectivity index (χ1v) is 7.88. The van der Waals surface area contributed by atoms with Gasteiger partial charge in [-0.05, 0) is 62.2 Å². The molecule has 100 valence electrons. The highest BCUT2D eigenvalue weighted by Gasteiger charge is 2.17. The molecule has 1 unspecified atom stereocenters. The van der Waals surface area contributed by atoms with Crippen LogP contribution in [0.4, 0.5) is 0 Å². The van der Waals surface area contributed by atoms with Crippen LogP contribution in [-0.4, -0.2) is 11.5 Å². The summed E-state index contributed by atoms with van der Waals surface area (Å²) in [4.78, 5) is 4.51. The maximum Gasteiger partial charge on any atom is 0.0762 e. The molecule has 0 aliphatic heterocycles. The molecule has 0 fully saturated rings. The SMILES string of the molecule is CCNC(c1ccc(Cl)cc1)c1ncc(Br)cc1Br. The summed E-state index contributed by atoms with van der Waals surface area (Å²) < 4.78 is 1.93. The van der Waals surface area contributed by atoms with Crippen molar-refractivity contribution < 1.29 is 0 Å². The van der Waals surface area contributed by atoms with Crippen molar-refractivity contribution in [2.45, 2.75) is 13.0 Å². The molecule has 2 aromatic rings. The van der Waals surface area contributed by atoms with Crippen LogP contribution in [0.15, 0.2) is 45.5 Å². The van der Waals surface area contributed by atoms with Crippen molar-refractivity contribution in [2.24, 2.45) is 0 Å². The molecule has 1 N–H and O–H groups in total. The molecular weight excluding hydrogens is 391 g/mol. The number of halogens is 3. The van der Waals surface area contributed by atoms with Crippen LogP contribution >= 0.6 is 43.5 Å². The van der Waals surface area contributed by atoms with Crippen LogP contribution < -0.4 is 5.32 Å². The lowest BCUT2D eigenvalue weighted by Gasteiger charge is -2.19. The Kier molecular flexibility index (Phi) is 5.39. The average molecular weight is 405 g/mol. The Morgan fingerprint density at radius 3 is 2.53 bits per heavy atom. The number of rotatable bonds is 4. The van der Waals surface area contributed by atoms with Gasteiger partial charge in [-0.3, -0.25) is 4.98 Å². The van der Waals surface area contributed by atoms with Crippen molar-refractivity contribution in [3.05, 3.63) is 61.8 Å². The zero-order valence-corrected chi connectivity index (χ0v) is 14.3. The number of hydrogen-bond acceptors (Lipinski definition) is 2. The molecule has 2 nitrogen and oxygen atoms in total. The second-order valence-electron chi connectivity index (χ2n) is 4.06. The summed E-state index contributed by atoms with van der Waals surface area (Å²) in [6.07, 6.45) is 1.81. The Hall–Kier alpha value is -0.420. The molecule has 0 aliphatic carbocycles. The number of pyridine rings is 1. The van der Waals surface area contributed by atoms with Crippen LogP contribution in [0.1, 0.15) is 24.2 Å². The highest BCUT2D eigenvalue weighted by molar-refractivity contribution is 9.11. The Morgan fingerprint density at radius 1 is 1.26 bits per heavy atom. The van der Waals surface area contributed by atoms with E-state index < -0.39 is 0 Å². The lowest BCUT2D eigenvalue weighted by Crippen LogP contribution is -2.23. The maximum absolute atomic E-state index is 5.94. The third-order valence-electron chi connectivity index (χ3n) is 2.72. The molecule has 1 atom stereocenters. The van der Waals surface area contributed by atoms with Gasteiger partial charge in [-0.1, -0.05) is 30.7 Å². The molecule has 0 saturated carbocycles. The molecule has 1 aromatic heterocycles. The number of aromatic nitrogens is 1. The summed E-state index contributed by atoms with van der Waals surface area (Å²) in [6.45, 7) is 2.94. The van der Waals surface area contributed by atoms with E-state index in [0.29, 0.717) is 0 Å². The van der Waals surface area contributed by atoms with E-state index in [1.807, 2.05) is 30.3 Å². The molecule has 0 saturated heterocycles. The summed E-state index contributed by atoms with van der Waals surface area (Å²) in [5.74, 6) is 0. The molecule has 0 amide bonds. The van der Waals surface area contributed by atoms with Gasteiger partial charge >= 0.3 is 0 Å². The van der Waals surface area contributed by atoms with Crippen LogP contribution in [-0.2, 0) is 0 Å². The van der Waals surface area contributed by atoms with Crippen LogP contribution in [0.2, 0.25) is 5.02 Å². The largest absolute Gasteiger partial charge is 0.305 e. The van der Waals surface area contributed by atoms with Crippen molar-refractivity contribution in [1.82, 2.24) is 10.3 Å². The monoisotopic (exact) mass is 402 g/mol. The fourth-order valence-corrected chi connectivity index (χ4v) is 3.21. The Balaban J connectivity index is 2.41. The molecule has 0 spiro atoms. The third kappa shape index (κ3) is 3.78. The minimum absolute atomic E-state index is 0.0461. The zero-order valence-electron chi connectivity index (χ0n) is 10.3. The third-order valence-corrected chi connectivity index (χ3v) is 4.04. The highest BCUT2D eigenvalue weighted by atomic mass is 79.9. The molecule has 1 heterocycles. The molecule has 0 radical (unpaired) electrons. The van der Waals surface area contributed by atoms with E-state index in [4.69, 9.17) is 11.6 Å². The average Bonchev–Trinajstić information content (AvgIpc) is 2.38. The van der Waals surface area contributed by atoms with Gasteiger partial charge in [0, 0.05) is 20.2 Å². The highest BCUT2D eigenvalue weighted by Crippen LogP contribution is 2.29. The maximum atomic E-state index is 5.94. The Labute approximate surface area is 134 Å². The molecule has 5 heteroatoms. The molecule has 19 heavy (non-hydrogen) atoms. The molecule has 0 aliphatic rings. The Morgan fingerprint density at radius 2 is 1.95 bits per heavy atom. The summed E-state index contributed by atoms with van der Waals surface area (Å²) >= 11 is 12.9. The van der Waals surface area contributed by atoms with Gasteiger partial charge in [0.25, 0.3) is 0 Å². The van der Waals surface area contributed by atoms with Gasteiger partial charge in [-0.2, -0.15) is 0 Å². The van der Waals surface area contributed by atoms with Crippen molar-refractivity contribution in [3.63, 3.8) is 0 Å². The van der Waals surface area contributed by atoms with Gasteiger partial charge in [-0.15, -0.1) is 0 Å². The first-order chi connectivity index (χ1) is 9.11. The normalized spacial score (nSPS) is 12.4. The summed E-state index contributed by atoms with van der Waals surface area (Å²) in [7, 11) is 0. The minimum Gasteiger partial charge on any atom is -0.305 e. The van der Waals surface area contributed by atoms with Gasteiger partial charge < -0.3 is 5.32 Å².